The molecule has 26 heavy (non-hydrogen) atoms. The summed E-state index contributed by atoms with van der Waals surface area (Å²) < 4.78 is 27.1. The van der Waals surface area contributed by atoms with Gasteiger partial charge >= 0.3 is 0 Å². The molecule has 4 nitrogen and oxygen atoms in total. The maximum absolute atomic E-state index is 12.2. The van der Waals surface area contributed by atoms with Crippen LogP contribution in [0.2, 0.25) is 5.02 Å². The van der Waals surface area contributed by atoms with E-state index < -0.39 is 10.0 Å². The first-order chi connectivity index (χ1) is 12.5. The minimum absolute atomic E-state index is 0.243. The van der Waals surface area contributed by atoms with Crippen molar-refractivity contribution in [3.05, 3.63) is 59.1 Å². The van der Waals surface area contributed by atoms with E-state index in [-0.39, 0.29) is 4.90 Å². The molecule has 0 aliphatic carbocycles. The standard InChI is InChI=1S/C20H25ClN2O2S/c21-18-8-12-20(13-9-18)26(24,25)22-14-4-5-17-6-10-19(11-7-17)23-15-2-1-3-16-23/h6-13,22H,1-5,14-16H2. The van der Waals surface area contributed by atoms with Crippen molar-refractivity contribution in [3.8, 4) is 0 Å². The van der Waals surface area contributed by atoms with Crippen LogP contribution in [0.3, 0.4) is 0 Å². The monoisotopic (exact) mass is 392 g/mol. The zero-order valence-corrected chi connectivity index (χ0v) is 16.4. The van der Waals surface area contributed by atoms with Crippen LogP contribution in [-0.2, 0) is 16.4 Å². The summed E-state index contributed by atoms with van der Waals surface area (Å²) in [5, 5.41) is 0.525. The zero-order valence-electron chi connectivity index (χ0n) is 14.8. The summed E-state index contributed by atoms with van der Waals surface area (Å²) in [7, 11) is -3.47. The predicted octanol–water partition coefficient (Wildman–Crippen LogP) is 4.24. The average molecular weight is 393 g/mol. The summed E-state index contributed by atoms with van der Waals surface area (Å²) in [4.78, 5) is 2.68. The van der Waals surface area contributed by atoms with Crippen LogP contribution in [0.5, 0.6) is 0 Å². The van der Waals surface area contributed by atoms with Crippen LogP contribution in [0.1, 0.15) is 31.2 Å². The van der Waals surface area contributed by atoms with Gasteiger partial charge in [0.15, 0.2) is 0 Å². The molecule has 140 valence electrons. The molecule has 1 heterocycles. The first kappa shape index (κ1) is 19.2. The van der Waals surface area contributed by atoms with Gasteiger partial charge in [-0.25, -0.2) is 13.1 Å². The molecule has 2 aromatic rings. The lowest BCUT2D eigenvalue weighted by molar-refractivity contribution is 0.577. The van der Waals surface area contributed by atoms with Crippen LogP contribution in [0.15, 0.2) is 53.4 Å². The average Bonchev–Trinajstić information content (AvgIpc) is 2.67. The third-order valence-corrected chi connectivity index (χ3v) is 6.44. The number of benzene rings is 2. The Morgan fingerprint density at radius 1 is 0.923 bits per heavy atom. The van der Waals surface area contributed by atoms with Crippen LogP contribution >= 0.6 is 11.6 Å². The lowest BCUT2D eigenvalue weighted by atomic mass is 10.1. The van der Waals surface area contributed by atoms with Crippen LogP contribution < -0.4 is 9.62 Å². The van der Waals surface area contributed by atoms with Crippen molar-refractivity contribution >= 4 is 27.3 Å². The van der Waals surface area contributed by atoms with E-state index >= 15 is 0 Å². The van der Waals surface area contributed by atoms with Gasteiger partial charge in [-0.2, -0.15) is 0 Å². The minimum atomic E-state index is -3.47. The summed E-state index contributed by atoms with van der Waals surface area (Å²) in [6.45, 7) is 2.70. The molecule has 6 heteroatoms. The van der Waals surface area contributed by atoms with Crippen molar-refractivity contribution in [2.75, 3.05) is 24.5 Å². The van der Waals surface area contributed by atoms with Gasteiger partial charge in [0.1, 0.15) is 0 Å². The maximum Gasteiger partial charge on any atom is 0.240 e. The molecular formula is C20H25ClN2O2S. The first-order valence-electron chi connectivity index (χ1n) is 9.14. The highest BCUT2D eigenvalue weighted by atomic mass is 35.5. The van der Waals surface area contributed by atoms with Gasteiger partial charge in [0.05, 0.1) is 4.90 Å². The summed E-state index contributed by atoms with van der Waals surface area (Å²) in [5.41, 5.74) is 2.52. The summed E-state index contributed by atoms with van der Waals surface area (Å²) in [6, 6.07) is 14.9. The highest BCUT2D eigenvalue weighted by Crippen LogP contribution is 2.20. The van der Waals surface area contributed by atoms with Crippen LogP contribution in [0.25, 0.3) is 0 Å². The van der Waals surface area contributed by atoms with E-state index in [0.29, 0.717) is 11.6 Å². The van der Waals surface area contributed by atoms with E-state index in [2.05, 4.69) is 33.9 Å². The molecule has 3 rings (SSSR count). The smallest absolute Gasteiger partial charge is 0.240 e. The Morgan fingerprint density at radius 2 is 1.58 bits per heavy atom. The van der Waals surface area contributed by atoms with Crippen LogP contribution in [0.4, 0.5) is 5.69 Å². The van der Waals surface area contributed by atoms with Gasteiger partial charge in [-0.05, 0) is 74.1 Å². The second-order valence-corrected chi connectivity index (χ2v) is 8.87. The third-order valence-electron chi connectivity index (χ3n) is 4.72. The largest absolute Gasteiger partial charge is 0.372 e. The molecule has 0 spiro atoms. The number of rotatable bonds is 7. The van der Waals surface area contributed by atoms with Gasteiger partial charge in [-0.1, -0.05) is 23.7 Å². The zero-order chi connectivity index (χ0) is 18.4. The van der Waals surface area contributed by atoms with Crippen molar-refractivity contribution < 1.29 is 8.42 Å². The van der Waals surface area contributed by atoms with Crippen molar-refractivity contribution in [1.82, 2.24) is 4.72 Å². The van der Waals surface area contributed by atoms with Gasteiger partial charge in [0.25, 0.3) is 0 Å². The number of halogens is 1. The van der Waals surface area contributed by atoms with E-state index in [9.17, 15) is 8.42 Å². The molecule has 1 aliphatic heterocycles. The molecule has 1 saturated heterocycles. The van der Waals surface area contributed by atoms with Gasteiger partial charge < -0.3 is 4.90 Å². The van der Waals surface area contributed by atoms with Crippen molar-refractivity contribution in [3.63, 3.8) is 0 Å². The molecule has 1 N–H and O–H groups in total. The van der Waals surface area contributed by atoms with Gasteiger partial charge in [-0.15, -0.1) is 0 Å². The highest BCUT2D eigenvalue weighted by molar-refractivity contribution is 7.89. The van der Waals surface area contributed by atoms with Gasteiger partial charge in [0.2, 0.25) is 10.0 Å². The number of sulfonamides is 1. The number of hydrogen-bond donors (Lipinski definition) is 1. The normalized spacial score (nSPS) is 15.2. The maximum atomic E-state index is 12.2. The molecule has 1 fully saturated rings. The molecule has 2 aromatic carbocycles. The van der Waals surface area contributed by atoms with Crippen LogP contribution in [0, 0.1) is 0 Å². The van der Waals surface area contributed by atoms with Crippen LogP contribution in [-0.4, -0.2) is 28.1 Å². The third kappa shape index (κ3) is 5.22. The molecule has 1 aliphatic rings. The molecule has 0 radical (unpaired) electrons. The Kier molecular flexibility index (Phi) is 6.57. The number of aryl methyl sites for hydroxylation is 1. The molecular weight excluding hydrogens is 368 g/mol. The molecule has 0 aromatic heterocycles. The topological polar surface area (TPSA) is 49.4 Å². The Balaban J connectivity index is 1.46. The summed E-state index contributed by atoms with van der Waals surface area (Å²) in [5.74, 6) is 0. The predicted molar refractivity (Wildman–Crippen MR) is 107 cm³/mol. The van der Waals surface area contributed by atoms with E-state index in [1.807, 2.05) is 0 Å². The molecule has 0 saturated carbocycles. The van der Waals surface area contributed by atoms with Crippen molar-refractivity contribution in [1.29, 1.82) is 0 Å². The van der Waals surface area contributed by atoms with Crippen molar-refractivity contribution in [2.45, 2.75) is 37.0 Å². The van der Waals surface area contributed by atoms with E-state index in [4.69, 9.17) is 11.6 Å². The molecule has 0 bridgehead atoms. The SMILES string of the molecule is O=S(=O)(NCCCc1ccc(N2CCCCC2)cc1)c1ccc(Cl)cc1. The molecule has 0 unspecified atom stereocenters. The number of piperidine rings is 1. The Labute approximate surface area is 161 Å². The van der Waals surface area contributed by atoms with E-state index in [1.165, 1.54) is 42.6 Å². The number of anilines is 1. The number of nitrogens with zero attached hydrogens (tertiary/aromatic N) is 1. The van der Waals surface area contributed by atoms with E-state index in [0.717, 1.165) is 25.9 Å². The lowest BCUT2D eigenvalue weighted by Gasteiger charge is -2.28. The minimum Gasteiger partial charge on any atom is -0.372 e. The van der Waals surface area contributed by atoms with Gasteiger partial charge in [-0.3, -0.25) is 0 Å². The highest BCUT2D eigenvalue weighted by Gasteiger charge is 2.13. The molecule has 0 atom stereocenters. The fourth-order valence-electron chi connectivity index (χ4n) is 3.22. The fourth-order valence-corrected chi connectivity index (χ4v) is 4.42. The van der Waals surface area contributed by atoms with E-state index in [1.54, 1.807) is 12.1 Å². The Hall–Kier alpha value is -1.56. The first-order valence-corrected chi connectivity index (χ1v) is 11.0. The second-order valence-electron chi connectivity index (χ2n) is 6.67. The summed E-state index contributed by atoms with van der Waals surface area (Å²) in [6.07, 6.45) is 5.49. The number of nitrogens with one attached hydrogen (secondary N) is 1. The van der Waals surface area contributed by atoms with Gasteiger partial charge in [0, 0.05) is 30.3 Å². The number of hydrogen-bond acceptors (Lipinski definition) is 3. The fraction of sp³-hybridized carbons (Fsp3) is 0.400. The quantitative estimate of drug-likeness (QED) is 0.717. The van der Waals surface area contributed by atoms with Crippen molar-refractivity contribution in [2.24, 2.45) is 0 Å². The second kappa shape index (κ2) is 8.89. The lowest BCUT2D eigenvalue weighted by Crippen LogP contribution is -2.29. The summed E-state index contributed by atoms with van der Waals surface area (Å²) >= 11 is 5.80. The Bertz CT molecular complexity index is 799. The molecule has 0 amide bonds. The Morgan fingerprint density at radius 3 is 2.23 bits per heavy atom.